The molecule has 12 nitrogen and oxygen atoms in total. The first kappa shape index (κ1) is 47.8. The summed E-state index contributed by atoms with van der Waals surface area (Å²) in [6, 6.07) is 0. The van der Waals surface area contributed by atoms with E-state index in [1.54, 1.807) is 0 Å². The van der Waals surface area contributed by atoms with Gasteiger partial charge in [0, 0.05) is 64.2 Å². The Balaban J connectivity index is 1.90. The molecule has 0 saturated heterocycles. The number of hydrogen-bond donors (Lipinski definition) is 6. The first-order chi connectivity index (χ1) is 24.6. The van der Waals surface area contributed by atoms with Crippen molar-refractivity contribution in [2.24, 2.45) is 0 Å². The zero-order valence-electron chi connectivity index (χ0n) is 28.5. The van der Waals surface area contributed by atoms with E-state index in [9.17, 15) is 39.0 Å². The minimum atomic E-state index is -1.11. The van der Waals surface area contributed by atoms with E-state index in [1.807, 2.05) is 104 Å². The highest BCUT2D eigenvalue weighted by molar-refractivity contribution is 14.1. The summed E-state index contributed by atoms with van der Waals surface area (Å²) in [5.41, 5.74) is 2.36. The second-order valence-electron chi connectivity index (χ2n) is 11.7. The third-order valence-corrected chi connectivity index (χ3v) is 14.6. The van der Waals surface area contributed by atoms with Crippen molar-refractivity contribution >= 4 is 182 Å². The van der Waals surface area contributed by atoms with Crippen molar-refractivity contribution in [3.05, 3.63) is 43.7 Å². The van der Waals surface area contributed by atoms with Crippen molar-refractivity contribution in [3.8, 4) is 0 Å². The van der Waals surface area contributed by atoms with E-state index < -0.39 is 11.9 Å². The van der Waals surface area contributed by atoms with E-state index in [0.717, 1.165) is 25.7 Å². The molecule has 0 aromatic heterocycles. The van der Waals surface area contributed by atoms with Crippen molar-refractivity contribution in [2.45, 2.75) is 104 Å². The molecule has 6 N–H and O–H groups in total. The first-order valence-electron chi connectivity index (χ1n) is 16.5. The molecule has 0 unspecified atom stereocenters. The molecule has 0 radical (unpaired) electrons. The van der Waals surface area contributed by atoms with Gasteiger partial charge in [0.05, 0.1) is 29.6 Å². The maximum absolute atomic E-state index is 12.9. The lowest BCUT2D eigenvalue weighted by atomic mass is 10.1. The summed E-state index contributed by atoms with van der Waals surface area (Å²) >= 11 is 12.0. The Bertz CT molecular complexity index is 1570. The van der Waals surface area contributed by atoms with Gasteiger partial charge in [-0.1, -0.05) is 39.5 Å². The Morgan fingerprint density at radius 1 is 0.462 bits per heavy atom. The molecule has 0 saturated carbocycles. The van der Waals surface area contributed by atoms with E-state index >= 15 is 0 Å². The van der Waals surface area contributed by atoms with Gasteiger partial charge in [-0.3, -0.25) is 19.2 Å². The van der Waals surface area contributed by atoms with E-state index in [-0.39, 0.29) is 60.7 Å². The molecule has 2 aromatic carbocycles. The van der Waals surface area contributed by atoms with Gasteiger partial charge in [0.1, 0.15) is 0 Å². The van der Waals surface area contributed by atoms with Crippen LogP contribution >= 0.6 is 136 Å². The number of benzene rings is 2. The van der Waals surface area contributed by atoms with Crippen LogP contribution in [0.25, 0.3) is 0 Å². The van der Waals surface area contributed by atoms with E-state index in [2.05, 4.69) is 66.4 Å². The molecular formula is C34H40I6N4O8. The first-order valence-corrected chi connectivity index (χ1v) is 23.0. The zero-order valence-corrected chi connectivity index (χ0v) is 41.5. The van der Waals surface area contributed by atoms with E-state index in [1.165, 1.54) is 0 Å². The number of aromatic carboxylic acids is 2. The van der Waals surface area contributed by atoms with Crippen LogP contribution in [0.2, 0.25) is 0 Å². The maximum Gasteiger partial charge on any atom is 0.337 e. The number of anilines is 2. The molecule has 286 valence electrons. The normalized spacial score (nSPS) is 10.8. The molecule has 2 aromatic rings. The van der Waals surface area contributed by atoms with Gasteiger partial charge in [0.2, 0.25) is 23.6 Å². The lowest BCUT2D eigenvalue weighted by Crippen LogP contribution is -2.25. The number of halogens is 6. The molecule has 0 aliphatic carbocycles. The SMILES string of the molecule is CCCC(=O)NCc1c(I)c(NC(=O)CCCCCCCCC(=O)Nc2c(I)c(CNC(=O)CCC)c(I)c(C(=O)O)c2I)c(I)c(C(=O)O)c1I. The summed E-state index contributed by atoms with van der Waals surface area (Å²) in [5.74, 6) is -2.90. The summed E-state index contributed by atoms with van der Waals surface area (Å²) in [6.45, 7) is 4.13. The molecule has 0 aliphatic heterocycles. The highest BCUT2D eigenvalue weighted by Gasteiger charge is 2.27. The number of rotatable bonds is 21. The van der Waals surface area contributed by atoms with Gasteiger partial charge in [-0.15, -0.1) is 0 Å². The van der Waals surface area contributed by atoms with Gasteiger partial charge in [0.15, 0.2) is 0 Å². The van der Waals surface area contributed by atoms with Crippen LogP contribution < -0.4 is 21.3 Å². The summed E-state index contributed by atoms with van der Waals surface area (Å²) in [7, 11) is 0. The number of hydrogen-bond acceptors (Lipinski definition) is 6. The van der Waals surface area contributed by atoms with E-state index in [0.29, 0.717) is 82.4 Å². The van der Waals surface area contributed by atoms with Crippen LogP contribution in [-0.4, -0.2) is 45.8 Å². The van der Waals surface area contributed by atoms with Crippen LogP contribution in [0.3, 0.4) is 0 Å². The van der Waals surface area contributed by atoms with Gasteiger partial charge in [-0.25, -0.2) is 9.59 Å². The summed E-state index contributed by atoms with van der Waals surface area (Å²) < 4.78 is 3.30. The molecule has 0 atom stereocenters. The Morgan fingerprint density at radius 3 is 1.10 bits per heavy atom. The van der Waals surface area contributed by atoms with Gasteiger partial charge in [0.25, 0.3) is 0 Å². The molecule has 0 bridgehead atoms. The molecule has 0 heterocycles. The molecule has 0 spiro atoms. The topological polar surface area (TPSA) is 191 Å². The number of carbonyl (C=O) groups excluding carboxylic acids is 4. The molecule has 4 amide bonds. The quantitative estimate of drug-likeness (QED) is 0.0527. The Kier molecular flexibility index (Phi) is 22.3. The monoisotopic (exact) mass is 1390 g/mol. The van der Waals surface area contributed by atoms with Gasteiger partial charge in [-0.05, 0) is 161 Å². The molecule has 2 rings (SSSR count). The van der Waals surface area contributed by atoms with Crippen molar-refractivity contribution in [1.82, 2.24) is 10.6 Å². The second-order valence-corrected chi connectivity index (χ2v) is 18.2. The minimum absolute atomic E-state index is 0.0934. The highest BCUT2D eigenvalue weighted by atomic mass is 127. The number of carboxylic acids is 2. The van der Waals surface area contributed by atoms with Crippen LogP contribution in [0.15, 0.2) is 0 Å². The Morgan fingerprint density at radius 2 is 0.788 bits per heavy atom. The fraction of sp³-hybridized carbons (Fsp3) is 0.471. The number of nitrogens with one attached hydrogen (secondary N) is 4. The van der Waals surface area contributed by atoms with Crippen LogP contribution in [0, 0.1) is 21.4 Å². The average Bonchev–Trinajstić information content (AvgIpc) is 3.06. The smallest absolute Gasteiger partial charge is 0.337 e. The molecule has 0 aliphatic rings. The Hall–Kier alpha value is -0.360. The molecular weight excluding hydrogens is 1350 g/mol. The third kappa shape index (κ3) is 14.3. The predicted molar refractivity (Wildman–Crippen MR) is 251 cm³/mol. The van der Waals surface area contributed by atoms with Gasteiger partial charge >= 0.3 is 11.9 Å². The van der Waals surface area contributed by atoms with Crippen molar-refractivity contribution in [2.75, 3.05) is 10.6 Å². The van der Waals surface area contributed by atoms with E-state index in [4.69, 9.17) is 0 Å². The Labute approximate surface area is 385 Å². The van der Waals surface area contributed by atoms with Crippen LogP contribution in [0.5, 0.6) is 0 Å². The summed E-state index contributed by atoms with van der Waals surface area (Å²) in [6.07, 6.45) is 7.32. The average molecular weight is 1390 g/mol. The lowest BCUT2D eigenvalue weighted by Gasteiger charge is -2.19. The molecule has 0 fully saturated rings. The van der Waals surface area contributed by atoms with Crippen LogP contribution in [0.4, 0.5) is 11.4 Å². The number of unbranched alkanes of at least 4 members (excludes halogenated alkanes) is 5. The number of carbonyl (C=O) groups is 6. The highest BCUT2D eigenvalue weighted by Crippen LogP contribution is 2.37. The fourth-order valence-electron chi connectivity index (χ4n) is 5.02. The lowest BCUT2D eigenvalue weighted by molar-refractivity contribution is -0.122. The summed E-state index contributed by atoms with van der Waals surface area (Å²) in [4.78, 5) is 74.2. The third-order valence-electron chi connectivity index (χ3n) is 7.71. The minimum Gasteiger partial charge on any atom is -0.478 e. The standard InChI is InChI=1S/C34H40I6N4O8/c1-3-11-19(45)41-15-17-25(35)23(33(49)50)29(39)31(27(17)37)43-21(47)13-9-7-5-6-8-10-14-22(48)44-32-28(38)18(16-42-20(46)12-4-2)26(36)24(30(32)40)34(51)52/h3-16H2,1-2H3,(H,41,45)(H,42,46)(H,43,47)(H,44,48)(H,49,50)(H,51,52). The predicted octanol–water partition coefficient (Wildman–Crippen LogP) is 9.24. The van der Waals surface area contributed by atoms with Gasteiger partial charge < -0.3 is 31.5 Å². The van der Waals surface area contributed by atoms with Crippen molar-refractivity contribution < 1.29 is 39.0 Å². The fourth-order valence-corrected chi connectivity index (χ4v) is 13.6. The van der Waals surface area contributed by atoms with Crippen molar-refractivity contribution in [3.63, 3.8) is 0 Å². The maximum atomic E-state index is 12.9. The molecule has 18 heteroatoms. The zero-order chi connectivity index (χ0) is 39.1. The number of carboxylic acid groups (broad SMARTS) is 2. The molecule has 52 heavy (non-hydrogen) atoms. The number of amides is 4. The summed E-state index contributed by atoms with van der Waals surface area (Å²) in [5, 5.41) is 31.3. The van der Waals surface area contributed by atoms with Gasteiger partial charge in [-0.2, -0.15) is 0 Å². The largest absolute Gasteiger partial charge is 0.478 e. The van der Waals surface area contributed by atoms with Crippen molar-refractivity contribution in [1.29, 1.82) is 0 Å². The second kappa shape index (κ2) is 24.3. The van der Waals surface area contributed by atoms with Crippen LogP contribution in [-0.2, 0) is 32.3 Å². The van der Waals surface area contributed by atoms with Crippen LogP contribution in [0.1, 0.15) is 123 Å².